The van der Waals surface area contributed by atoms with Crippen molar-refractivity contribution in [1.29, 1.82) is 0 Å². The summed E-state index contributed by atoms with van der Waals surface area (Å²) in [6.45, 7) is 0.770. The van der Waals surface area contributed by atoms with Crippen LogP contribution in [0.4, 0.5) is 0 Å². The van der Waals surface area contributed by atoms with Gasteiger partial charge in [0.25, 0.3) is 0 Å². The number of carbonyl (C=O) groups excluding carboxylic acids is 1. The van der Waals surface area contributed by atoms with E-state index in [1.165, 1.54) is 28.6 Å². The van der Waals surface area contributed by atoms with Crippen LogP contribution in [-0.2, 0) is 21.2 Å². The zero-order chi connectivity index (χ0) is 19.4. The Hall–Kier alpha value is -1.60. The molecule has 0 aromatic heterocycles. The molecule has 3 rings (SSSR count). The molecule has 0 radical (unpaired) electrons. The fourth-order valence-electron chi connectivity index (χ4n) is 3.13. The van der Waals surface area contributed by atoms with Crippen LogP contribution in [0, 0.1) is 0 Å². The number of rotatable bonds is 6. The second-order valence-electron chi connectivity index (χ2n) is 6.40. The second-order valence-corrected chi connectivity index (χ2v) is 9.16. The summed E-state index contributed by atoms with van der Waals surface area (Å²) >= 11 is 11.7. The third-order valence-corrected chi connectivity index (χ3v) is 6.98. The maximum Gasteiger partial charge on any atom is 0.243 e. The van der Waals surface area contributed by atoms with Crippen molar-refractivity contribution in [1.82, 2.24) is 9.62 Å². The van der Waals surface area contributed by atoms with Gasteiger partial charge in [0, 0.05) is 23.1 Å². The van der Waals surface area contributed by atoms with E-state index in [0.717, 1.165) is 5.56 Å². The number of hydrogen-bond acceptors (Lipinski definition) is 3. The van der Waals surface area contributed by atoms with Gasteiger partial charge in [0.15, 0.2) is 0 Å². The first kappa shape index (κ1) is 20.1. The van der Waals surface area contributed by atoms with Gasteiger partial charge in [-0.15, -0.1) is 0 Å². The summed E-state index contributed by atoms with van der Waals surface area (Å²) in [4.78, 5) is 12.7. The predicted molar refractivity (Wildman–Crippen MR) is 107 cm³/mol. The Kier molecular flexibility index (Phi) is 6.42. The Morgan fingerprint density at radius 3 is 2.26 bits per heavy atom. The van der Waals surface area contributed by atoms with E-state index < -0.39 is 16.1 Å². The number of nitrogens with zero attached hydrogens (tertiary/aromatic N) is 1. The highest BCUT2D eigenvalue weighted by atomic mass is 35.5. The van der Waals surface area contributed by atoms with E-state index >= 15 is 0 Å². The van der Waals surface area contributed by atoms with Crippen molar-refractivity contribution < 1.29 is 13.2 Å². The van der Waals surface area contributed by atoms with E-state index in [-0.39, 0.29) is 10.8 Å². The fourth-order valence-corrected chi connectivity index (χ4v) is 5.04. The number of benzene rings is 2. The highest BCUT2D eigenvalue weighted by Gasteiger charge is 2.39. The number of hydrogen-bond donors (Lipinski definition) is 1. The SMILES string of the molecule is O=C(NCCc1ccc(Cl)cc1)[C@H]1CCCN1S(=O)(=O)c1ccc(Cl)cc1. The van der Waals surface area contributed by atoms with Gasteiger partial charge in [0.05, 0.1) is 4.90 Å². The summed E-state index contributed by atoms with van der Waals surface area (Å²) in [6.07, 6.45) is 1.82. The average Bonchev–Trinajstić information content (AvgIpc) is 3.14. The first-order valence-corrected chi connectivity index (χ1v) is 10.9. The molecule has 1 N–H and O–H groups in total. The molecular weight excluding hydrogens is 407 g/mol. The van der Waals surface area contributed by atoms with Gasteiger partial charge in [-0.05, 0) is 61.2 Å². The summed E-state index contributed by atoms with van der Waals surface area (Å²) in [5.74, 6) is -0.265. The average molecular weight is 427 g/mol. The number of nitrogens with one attached hydrogen (secondary N) is 1. The molecule has 0 saturated carbocycles. The van der Waals surface area contributed by atoms with Gasteiger partial charge in [0.2, 0.25) is 15.9 Å². The van der Waals surface area contributed by atoms with Crippen LogP contribution in [0.3, 0.4) is 0 Å². The van der Waals surface area contributed by atoms with Crippen LogP contribution in [-0.4, -0.2) is 37.8 Å². The molecular formula is C19H20Cl2N2O3S. The van der Waals surface area contributed by atoms with Gasteiger partial charge in [-0.25, -0.2) is 8.42 Å². The molecule has 144 valence electrons. The zero-order valence-corrected chi connectivity index (χ0v) is 16.9. The van der Waals surface area contributed by atoms with Crippen LogP contribution >= 0.6 is 23.2 Å². The van der Waals surface area contributed by atoms with E-state index in [0.29, 0.717) is 42.4 Å². The van der Waals surface area contributed by atoms with E-state index in [2.05, 4.69) is 5.32 Å². The van der Waals surface area contributed by atoms with Crippen molar-refractivity contribution in [3.63, 3.8) is 0 Å². The lowest BCUT2D eigenvalue weighted by Gasteiger charge is -2.23. The molecule has 2 aromatic rings. The second kappa shape index (κ2) is 8.61. The Labute approximate surface area is 169 Å². The molecule has 0 aliphatic carbocycles. The molecule has 1 saturated heterocycles. The van der Waals surface area contributed by atoms with E-state index in [4.69, 9.17) is 23.2 Å². The topological polar surface area (TPSA) is 66.5 Å². The molecule has 1 atom stereocenters. The smallest absolute Gasteiger partial charge is 0.243 e. The van der Waals surface area contributed by atoms with Gasteiger partial charge in [-0.1, -0.05) is 35.3 Å². The highest BCUT2D eigenvalue weighted by Crippen LogP contribution is 2.27. The van der Waals surface area contributed by atoms with Gasteiger partial charge < -0.3 is 5.32 Å². The maximum absolute atomic E-state index is 12.9. The highest BCUT2D eigenvalue weighted by molar-refractivity contribution is 7.89. The molecule has 1 aliphatic rings. The summed E-state index contributed by atoms with van der Waals surface area (Å²) < 4.78 is 27.0. The van der Waals surface area contributed by atoms with Crippen LogP contribution in [0.25, 0.3) is 0 Å². The lowest BCUT2D eigenvalue weighted by Crippen LogP contribution is -2.46. The fraction of sp³-hybridized carbons (Fsp3) is 0.316. The Balaban J connectivity index is 1.63. The third kappa shape index (κ3) is 4.82. The molecule has 0 unspecified atom stereocenters. The van der Waals surface area contributed by atoms with Crippen LogP contribution < -0.4 is 5.32 Å². The summed E-state index contributed by atoms with van der Waals surface area (Å²) in [6, 6.07) is 12.7. The Morgan fingerprint density at radius 1 is 1.04 bits per heavy atom. The lowest BCUT2D eigenvalue weighted by molar-refractivity contribution is -0.124. The number of carbonyl (C=O) groups is 1. The number of sulfonamides is 1. The monoisotopic (exact) mass is 426 g/mol. The maximum atomic E-state index is 12.9. The van der Waals surface area contributed by atoms with Gasteiger partial charge >= 0.3 is 0 Å². The number of halogens is 2. The van der Waals surface area contributed by atoms with Gasteiger partial charge in [-0.3, -0.25) is 4.79 Å². The molecule has 1 heterocycles. The standard InChI is InChI=1S/C19H20Cl2N2O3S/c20-15-5-3-14(4-6-15)11-12-22-19(24)18-2-1-13-23(18)27(25,26)17-9-7-16(21)8-10-17/h3-10,18H,1-2,11-13H2,(H,22,24)/t18-/m1/s1. The van der Waals surface area contributed by atoms with Gasteiger partial charge in [-0.2, -0.15) is 4.31 Å². The van der Waals surface area contributed by atoms with Crippen molar-refractivity contribution in [2.75, 3.05) is 13.1 Å². The molecule has 0 spiro atoms. The zero-order valence-electron chi connectivity index (χ0n) is 14.6. The van der Waals surface area contributed by atoms with Crippen LogP contribution in [0.15, 0.2) is 53.4 Å². The van der Waals surface area contributed by atoms with E-state index in [1.807, 2.05) is 12.1 Å². The summed E-state index contributed by atoms with van der Waals surface area (Å²) in [5, 5.41) is 3.98. The predicted octanol–water partition coefficient (Wildman–Crippen LogP) is 3.51. The van der Waals surface area contributed by atoms with Gasteiger partial charge in [0.1, 0.15) is 6.04 Å². The summed E-state index contributed by atoms with van der Waals surface area (Å²) in [5.41, 5.74) is 1.05. The molecule has 5 nitrogen and oxygen atoms in total. The van der Waals surface area contributed by atoms with E-state index in [9.17, 15) is 13.2 Å². The normalized spacial score (nSPS) is 17.8. The molecule has 2 aromatic carbocycles. The van der Waals surface area contributed by atoms with Crippen LogP contribution in [0.1, 0.15) is 18.4 Å². The van der Waals surface area contributed by atoms with Crippen molar-refractivity contribution in [2.24, 2.45) is 0 Å². The molecule has 8 heteroatoms. The Morgan fingerprint density at radius 2 is 1.63 bits per heavy atom. The minimum Gasteiger partial charge on any atom is -0.354 e. The molecule has 1 amide bonds. The van der Waals surface area contributed by atoms with Crippen molar-refractivity contribution in [3.05, 3.63) is 64.1 Å². The summed E-state index contributed by atoms with van der Waals surface area (Å²) in [7, 11) is -3.73. The van der Waals surface area contributed by atoms with Crippen molar-refractivity contribution in [3.8, 4) is 0 Å². The first-order valence-electron chi connectivity index (χ1n) is 8.67. The molecule has 1 fully saturated rings. The van der Waals surface area contributed by atoms with Crippen LogP contribution in [0.5, 0.6) is 0 Å². The molecule has 0 bridgehead atoms. The third-order valence-electron chi connectivity index (χ3n) is 4.55. The van der Waals surface area contributed by atoms with Crippen molar-refractivity contribution in [2.45, 2.75) is 30.2 Å². The lowest BCUT2D eigenvalue weighted by atomic mass is 10.1. The minimum absolute atomic E-state index is 0.146. The molecule has 1 aliphatic heterocycles. The molecule has 27 heavy (non-hydrogen) atoms. The first-order chi connectivity index (χ1) is 12.9. The largest absolute Gasteiger partial charge is 0.354 e. The van der Waals surface area contributed by atoms with E-state index in [1.54, 1.807) is 12.1 Å². The quantitative estimate of drug-likeness (QED) is 0.768. The minimum atomic E-state index is -3.73. The van der Waals surface area contributed by atoms with Crippen molar-refractivity contribution >= 4 is 39.1 Å². The Bertz CT molecular complexity index is 900. The van der Waals surface area contributed by atoms with Crippen LogP contribution in [0.2, 0.25) is 10.0 Å². The number of amides is 1.